The molecule has 0 spiro atoms. The average Bonchev–Trinajstić information content (AvgIpc) is 3.17. The van der Waals surface area contributed by atoms with E-state index in [0.717, 1.165) is 19.3 Å². The predicted molar refractivity (Wildman–Crippen MR) is 229 cm³/mol. The number of benzene rings is 5. The predicted octanol–water partition coefficient (Wildman–Crippen LogP) is 11.8. The topological polar surface area (TPSA) is 6.48 Å². The number of nitrogens with zero attached hydrogens (tertiary/aromatic N) is 2. The number of hydrogen-bond donors (Lipinski definition) is 0. The molecule has 0 saturated carbocycles. The molecule has 53 heavy (non-hydrogen) atoms. The Morgan fingerprint density at radius 1 is 0.585 bits per heavy atom. The fourth-order valence-corrected chi connectivity index (χ4v) is 9.14. The Bertz CT molecular complexity index is 2350. The van der Waals surface area contributed by atoms with Gasteiger partial charge in [0, 0.05) is 39.6 Å². The smallest absolute Gasteiger partial charge is 0.247 e. The molecule has 0 fully saturated rings. The lowest BCUT2D eigenvalue weighted by Gasteiger charge is -2.51. The van der Waals surface area contributed by atoms with Crippen molar-refractivity contribution in [2.45, 2.75) is 72.3 Å². The molecule has 2 aliphatic heterocycles. The van der Waals surface area contributed by atoms with Crippen LogP contribution in [0.25, 0.3) is 16.7 Å². The highest BCUT2D eigenvalue weighted by molar-refractivity contribution is 6.95. The molecule has 1 unspecified atom stereocenters. The largest absolute Gasteiger partial charge is 0.335 e. The van der Waals surface area contributed by atoms with Gasteiger partial charge in [-0.2, -0.15) is 0 Å². The summed E-state index contributed by atoms with van der Waals surface area (Å²) in [4.78, 5) is 5.33. The lowest BCUT2D eigenvalue weighted by atomic mass is 9.31. The SMILES string of the molecule is CC(C)(C)C1=CC=C2B3c4ccc(C(C)(C)C)cc4N(C4=CCCC=C4c4ccccc4)c4cccc(c43)N(c3ccccc3-c3ccccc3)C2C1. The Kier molecular flexibility index (Phi) is 8.04. The van der Waals surface area contributed by atoms with Crippen LogP contribution in [-0.4, -0.2) is 12.8 Å². The van der Waals surface area contributed by atoms with Crippen molar-refractivity contribution >= 4 is 46.0 Å². The Morgan fingerprint density at radius 3 is 1.98 bits per heavy atom. The second kappa shape index (κ2) is 12.7. The number of allylic oxidation sites excluding steroid dienone is 5. The number of fused-ring (bicyclic) bond motifs is 4. The van der Waals surface area contributed by atoms with Gasteiger partial charge in [0.15, 0.2) is 0 Å². The summed E-state index contributed by atoms with van der Waals surface area (Å²) >= 11 is 0. The van der Waals surface area contributed by atoms with Gasteiger partial charge in [0.2, 0.25) is 6.71 Å². The van der Waals surface area contributed by atoms with E-state index in [2.05, 4.69) is 197 Å². The number of rotatable bonds is 4. The lowest BCUT2D eigenvalue weighted by molar-refractivity contribution is 0.469. The molecule has 2 nitrogen and oxygen atoms in total. The maximum Gasteiger partial charge on any atom is 0.247 e. The third-order valence-electron chi connectivity index (χ3n) is 11.9. The van der Waals surface area contributed by atoms with Crippen LogP contribution < -0.4 is 20.7 Å². The van der Waals surface area contributed by atoms with Gasteiger partial charge in [-0.1, -0.05) is 174 Å². The van der Waals surface area contributed by atoms with Gasteiger partial charge in [0.05, 0.1) is 6.04 Å². The van der Waals surface area contributed by atoms with E-state index < -0.39 is 0 Å². The lowest BCUT2D eigenvalue weighted by Crippen LogP contribution is -2.61. The summed E-state index contributed by atoms with van der Waals surface area (Å²) in [5.74, 6) is 0. The number of anilines is 4. The monoisotopic (exact) mass is 688 g/mol. The molecular formula is C50H49BN2. The maximum absolute atomic E-state index is 2.71. The third-order valence-corrected chi connectivity index (χ3v) is 11.9. The minimum absolute atomic E-state index is 0.0172. The molecule has 9 rings (SSSR count). The van der Waals surface area contributed by atoms with Gasteiger partial charge in [-0.15, -0.1) is 0 Å². The van der Waals surface area contributed by atoms with Crippen molar-refractivity contribution < 1.29 is 0 Å². The molecule has 2 aliphatic carbocycles. The molecule has 4 aliphatic rings. The van der Waals surface area contributed by atoms with Gasteiger partial charge >= 0.3 is 0 Å². The molecule has 0 saturated heterocycles. The zero-order valence-corrected chi connectivity index (χ0v) is 32.0. The summed E-state index contributed by atoms with van der Waals surface area (Å²) < 4.78 is 0. The van der Waals surface area contributed by atoms with Gasteiger partial charge in [-0.05, 0) is 82.0 Å². The van der Waals surface area contributed by atoms with Gasteiger partial charge in [-0.3, -0.25) is 0 Å². The summed E-state index contributed by atoms with van der Waals surface area (Å²) in [6.07, 6.45) is 13.0. The van der Waals surface area contributed by atoms with E-state index in [9.17, 15) is 0 Å². The quantitative estimate of drug-likeness (QED) is 0.173. The molecule has 1 atom stereocenters. The van der Waals surface area contributed by atoms with E-state index in [-0.39, 0.29) is 23.6 Å². The summed E-state index contributed by atoms with van der Waals surface area (Å²) in [5, 5.41) is 0. The fraction of sp³-hybridized carbons (Fsp3) is 0.240. The molecule has 2 heterocycles. The van der Waals surface area contributed by atoms with Crippen LogP contribution in [0.4, 0.5) is 22.7 Å². The number of hydrogen-bond acceptors (Lipinski definition) is 2. The van der Waals surface area contributed by atoms with E-state index in [1.165, 1.54) is 78.2 Å². The third kappa shape index (κ3) is 5.64. The van der Waals surface area contributed by atoms with Crippen LogP contribution in [0.2, 0.25) is 0 Å². The second-order valence-electron chi connectivity index (χ2n) is 17.2. The van der Waals surface area contributed by atoms with Crippen LogP contribution in [0.5, 0.6) is 0 Å². The summed E-state index contributed by atoms with van der Waals surface area (Å²) in [6, 6.07) is 45.6. The highest BCUT2D eigenvalue weighted by atomic mass is 15.2. The molecular weight excluding hydrogens is 639 g/mol. The van der Waals surface area contributed by atoms with Crippen molar-refractivity contribution in [1.82, 2.24) is 0 Å². The second-order valence-corrected chi connectivity index (χ2v) is 17.2. The Morgan fingerprint density at radius 2 is 1.25 bits per heavy atom. The van der Waals surface area contributed by atoms with Crippen molar-refractivity contribution in [3.05, 3.63) is 174 Å². The van der Waals surface area contributed by atoms with Crippen LogP contribution in [0, 0.1) is 5.41 Å². The van der Waals surface area contributed by atoms with Crippen molar-refractivity contribution in [1.29, 1.82) is 0 Å². The zero-order valence-electron chi connectivity index (χ0n) is 32.0. The van der Waals surface area contributed by atoms with Crippen LogP contribution >= 0.6 is 0 Å². The highest BCUT2D eigenvalue weighted by Crippen LogP contribution is 2.50. The van der Waals surface area contributed by atoms with Crippen LogP contribution in [0.15, 0.2) is 162 Å². The standard InChI is InChI=1S/C50H49BN2/c1-49(2,3)36-28-30-40-46(32-36)52(42-24-15-13-22-38(42)34-18-9-7-10-19-34)44-26-17-27-45-48(44)51(40)41-31-29-37(50(4,5)6)33-47(41)53(45)43-25-16-14-23-39(43)35-20-11-8-12-21-35/h7-13,15,17-31,33,46H,14,16,32H2,1-6H3. The Balaban J connectivity index is 1.34. The van der Waals surface area contributed by atoms with E-state index in [4.69, 9.17) is 0 Å². The van der Waals surface area contributed by atoms with Crippen molar-refractivity contribution in [2.24, 2.45) is 5.41 Å². The van der Waals surface area contributed by atoms with Gasteiger partial charge in [-0.25, -0.2) is 0 Å². The van der Waals surface area contributed by atoms with E-state index >= 15 is 0 Å². The van der Waals surface area contributed by atoms with E-state index in [1.54, 1.807) is 0 Å². The summed E-state index contributed by atoms with van der Waals surface area (Å²) in [5.41, 5.74) is 18.8. The van der Waals surface area contributed by atoms with Crippen LogP contribution in [-0.2, 0) is 5.41 Å². The van der Waals surface area contributed by atoms with Crippen molar-refractivity contribution in [3.8, 4) is 11.1 Å². The van der Waals surface area contributed by atoms with Gasteiger partial charge in [0.1, 0.15) is 0 Å². The van der Waals surface area contributed by atoms with Crippen molar-refractivity contribution in [2.75, 3.05) is 9.80 Å². The zero-order chi connectivity index (χ0) is 36.5. The molecule has 0 aromatic heterocycles. The molecule has 5 aromatic rings. The molecule has 5 aromatic carbocycles. The molecule has 0 N–H and O–H groups in total. The van der Waals surface area contributed by atoms with Crippen LogP contribution in [0.3, 0.4) is 0 Å². The number of para-hydroxylation sites is 1. The first-order valence-electron chi connectivity index (χ1n) is 19.5. The van der Waals surface area contributed by atoms with E-state index in [0.29, 0.717) is 0 Å². The minimum atomic E-state index is 0.0172. The molecule has 3 heteroatoms. The molecule has 0 radical (unpaired) electrons. The van der Waals surface area contributed by atoms with Gasteiger partial charge < -0.3 is 9.80 Å². The molecule has 0 amide bonds. The van der Waals surface area contributed by atoms with Gasteiger partial charge in [0.25, 0.3) is 0 Å². The normalized spacial score (nSPS) is 17.9. The minimum Gasteiger partial charge on any atom is -0.335 e. The average molecular weight is 689 g/mol. The first-order valence-corrected chi connectivity index (χ1v) is 19.5. The fourth-order valence-electron chi connectivity index (χ4n) is 9.14. The summed E-state index contributed by atoms with van der Waals surface area (Å²) in [6.45, 7) is 14.3. The summed E-state index contributed by atoms with van der Waals surface area (Å²) in [7, 11) is 0. The highest BCUT2D eigenvalue weighted by Gasteiger charge is 2.48. The Labute approximate surface area is 317 Å². The molecule has 0 bridgehead atoms. The maximum atomic E-state index is 2.71. The first-order chi connectivity index (χ1) is 25.6. The first kappa shape index (κ1) is 33.6. The van der Waals surface area contributed by atoms with E-state index in [1.807, 2.05) is 0 Å². The Hall–Kier alpha value is -5.28. The van der Waals surface area contributed by atoms with Crippen molar-refractivity contribution in [3.63, 3.8) is 0 Å². The van der Waals surface area contributed by atoms with Crippen LogP contribution in [0.1, 0.15) is 71.9 Å². The molecule has 262 valence electrons.